The van der Waals surface area contributed by atoms with Crippen LogP contribution in [0.15, 0.2) is 45.8 Å². The summed E-state index contributed by atoms with van der Waals surface area (Å²) in [7, 11) is -2.40. The molecule has 0 aliphatic rings. The average molecular weight is 456 g/mol. The van der Waals surface area contributed by atoms with E-state index in [1.54, 1.807) is 45.9 Å². The largest absolute Gasteiger partial charge is 0.497 e. The van der Waals surface area contributed by atoms with Gasteiger partial charge in [-0.1, -0.05) is 15.9 Å². The van der Waals surface area contributed by atoms with Gasteiger partial charge in [0.25, 0.3) is 10.0 Å². The number of methoxy groups -OCH3 is 1. The van der Waals surface area contributed by atoms with Crippen LogP contribution in [0.25, 0.3) is 0 Å². The van der Waals surface area contributed by atoms with Gasteiger partial charge in [-0.15, -0.1) is 0 Å². The van der Waals surface area contributed by atoms with Crippen LogP contribution in [-0.2, 0) is 14.8 Å². The van der Waals surface area contributed by atoms with Gasteiger partial charge in [-0.3, -0.25) is 4.72 Å². The molecule has 0 aliphatic heterocycles. The van der Waals surface area contributed by atoms with Crippen molar-refractivity contribution in [1.82, 2.24) is 0 Å². The van der Waals surface area contributed by atoms with Crippen molar-refractivity contribution in [1.29, 1.82) is 0 Å². The molecule has 0 fully saturated rings. The van der Waals surface area contributed by atoms with E-state index in [1.807, 2.05) is 0 Å². The minimum atomic E-state index is -3.90. The Hall–Kier alpha value is -2.06. The summed E-state index contributed by atoms with van der Waals surface area (Å²) < 4.78 is 39.2. The number of carbonyl (C=O) groups is 1. The van der Waals surface area contributed by atoms with Crippen LogP contribution in [0.4, 0.5) is 5.69 Å². The normalized spacial score (nSPS) is 11.8. The fraction of sp³-hybridized carbons (Fsp3) is 0.316. The standard InChI is InChI=1S/C19H22BrNO5S/c1-12-10-13(20)11-16(18(22)26-19(2,3)4)17(12)21-27(23,24)15-8-6-14(25-5)7-9-15/h6-11,21H,1-5H3. The summed E-state index contributed by atoms with van der Waals surface area (Å²) in [5, 5.41) is 0. The van der Waals surface area contributed by atoms with Crippen LogP contribution in [0.1, 0.15) is 36.7 Å². The SMILES string of the molecule is COc1ccc(S(=O)(=O)Nc2c(C)cc(Br)cc2C(=O)OC(C)(C)C)cc1. The highest BCUT2D eigenvalue weighted by atomic mass is 79.9. The van der Waals surface area contributed by atoms with Gasteiger partial charge in [-0.25, -0.2) is 13.2 Å². The van der Waals surface area contributed by atoms with Crippen molar-refractivity contribution in [2.75, 3.05) is 11.8 Å². The Morgan fingerprint density at radius 1 is 1.11 bits per heavy atom. The van der Waals surface area contributed by atoms with E-state index in [0.29, 0.717) is 15.8 Å². The Bertz CT molecular complexity index is 947. The van der Waals surface area contributed by atoms with Crippen molar-refractivity contribution in [2.24, 2.45) is 0 Å². The molecule has 2 aromatic carbocycles. The van der Waals surface area contributed by atoms with Gasteiger partial charge in [0, 0.05) is 4.47 Å². The first-order valence-corrected chi connectivity index (χ1v) is 10.4. The molecule has 146 valence electrons. The number of benzene rings is 2. The fourth-order valence-electron chi connectivity index (χ4n) is 2.32. The molecule has 0 aliphatic carbocycles. The lowest BCUT2D eigenvalue weighted by atomic mass is 10.1. The fourth-order valence-corrected chi connectivity index (χ4v) is 4.05. The monoisotopic (exact) mass is 455 g/mol. The highest BCUT2D eigenvalue weighted by Gasteiger charge is 2.25. The lowest BCUT2D eigenvalue weighted by Gasteiger charge is -2.22. The van der Waals surface area contributed by atoms with Gasteiger partial charge in [-0.2, -0.15) is 0 Å². The van der Waals surface area contributed by atoms with Crippen LogP contribution in [0, 0.1) is 6.92 Å². The summed E-state index contributed by atoms with van der Waals surface area (Å²) in [5.41, 5.74) is 0.193. The summed E-state index contributed by atoms with van der Waals surface area (Å²) >= 11 is 3.34. The molecular formula is C19H22BrNO5S. The van der Waals surface area contributed by atoms with Gasteiger partial charge >= 0.3 is 5.97 Å². The summed E-state index contributed by atoms with van der Waals surface area (Å²) in [4.78, 5) is 12.7. The van der Waals surface area contributed by atoms with Gasteiger partial charge in [-0.05, 0) is 69.7 Å². The molecule has 2 rings (SSSR count). The minimum absolute atomic E-state index is 0.0563. The highest BCUT2D eigenvalue weighted by molar-refractivity contribution is 9.10. The number of anilines is 1. The molecule has 0 bridgehead atoms. The Kier molecular flexibility index (Phi) is 6.21. The second-order valence-corrected chi connectivity index (χ2v) is 9.53. The molecule has 0 unspecified atom stereocenters. The number of aryl methyl sites for hydroxylation is 1. The van der Waals surface area contributed by atoms with E-state index < -0.39 is 21.6 Å². The van der Waals surface area contributed by atoms with Crippen LogP contribution in [-0.4, -0.2) is 27.1 Å². The molecule has 0 saturated carbocycles. The molecule has 0 saturated heterocycles. The first-order chi connectivity index (χ1) is 12.4. The van der Waals surface area contributed by atoms with Crippen LogP contribution in [0.3, 0.4) is 0 Å². The predicted octanol–water partition coefficient (Wildman–Crippen LogP) is 4.52. The maximum Gasteiger partial charge on any atom is 0.340 e. The van der Waals surface area contributed by atoms with E-state index in [4.69, 9.17) is 9.47 Å². The molecule has 0 radical (unpaired) electrons. The van der Waals surface area contributed by atoms with E-state index in [9.17, 15) is 13.2 Å². The number of rotatable bonds is 5. The third-order valence-electron chi connectivity index (χ3n) is 3.53. The van der Waals surface area contributed by atoms with Crippen LogP contribution in [0.2, 0.25) is 0 Å². The van der Waals surface area contributed by atoms with Crippen molar-refractivity contribution in [2.45, 2.75) is 38.2 Å². The highest BCUT2D eigenvalue weighted by Crippen LogP contribution is 2.30. The van der Waals surface area contributed by atoms with Crippen molar-refractivity contribution in [3.05, 3.63) is 52.0 Å². The second-order valence-electron chi connectivity index (χ2n) is 6.93. The topological polar surface area (TPSA) is 81.7 Å². The molecule has 8 heteroatoms. The molecule has 0 amide bonds. The molecule has 0 spiro atoms. The summed E-state index contributed by atoms with van der Waals surface area (Å²) in [6.45, 7) is 6.95. The number of hydrogen-bond acceptors (Lipinski definition) is 5. The van der Waals surface area contributed by atoms with Gasteiger partial charge < -0.3 is 9.47 Å². The number of carbonyl (C=O) groups excluding carboxylic acids is 1. The average Bonchev–Trinajstić information content (AvgIpc) is 2.55. The smallest absolute Gasteiger partial charge is 0.340 e. The molecule has 6 nitrogen and oxygen atoms in total. The molecule has 1 N–H and O–H groups in total. The van der Waals surface area contributed by atoms with E-state index in [0.717, 1.165) is 0 Å². The number of esters is 1. The molecule has 2 aromatic rings. The van der Waals surface area contributed by atoms with Crippen molar-refractivity contribution >= 4 is 37.6 Å². The molecular weight excluding hydrogens is 434 g/mol. The Morgan fingerprint density at radius 2 is 1.70 bits per heavy atom. The van der Waals surface area contributed by atoms with Crippen LogP contribution < -0.4 is 9.46 Å². The van der Waals surface area contributed by atoms with Gasteiger partial charge in [0.15, 0.2) is 0 Å². The van der Waals surface area contributed by atoms with E-state index >= 15 is 0 Å². The minimum Gasteiger partial charge on any atom is -0.497 e. The van der Waals surface area contributed by atoms with Gasteiger partial charge in [0.2, 0.25) is 0 Å². The third kappa shape index (κ3) is 5.46. The van der Waals surface area contributed by atoms with Crippen molar-refractivity contribution in [3.63, 3.8) is 0 Å². The van der Waals surface area contributed by atoms with Crippen molar-refractivity contribution in [3.8, 4) is 5.75 Å². The van der Waals surface area contributed by atoms with Gasteiger partial charge in [0.1, 0.15) is 11.4 Å². The van der Waals surface area contributed by atoms with Crippen LogP contribution in [0.5, 0.6) is 5.75 Å². The molecule has 0 atom stereocenters. The van der Waals surface area contributed by atoms with Gasteiger partial charge in [0.05, 0.1) is 23.3 Å². The zero-order chi connectivity index (χ0) is 20.4. The first-order valence-electron chi connectivity index (χ1n) is 8.13. The quantitative estimate of drug-likeness (QED) is 0.669. The Balaban J connectivity index is 2.46. The number of sulfonamides is 1. The van der Waals surface area contributed by atoms with E-state index in [-0.39, 0.29) is 16.1 Å². The second kappa shape index (κ2) is 7.90. The third-order valence-corrected chi connectivity index (χ3v) is 5.35. The molecule has 27 heavy (non-hydrogen) atoms. The molecule has 0 aromatic heterocycles. The number of halogens is 1. The molecule has 0 heterocycles. The Labute approximate surface area is 168 Å². The van der Waals surface area contributed by atoms with Crippen molar-refractivity contribution < 1.29 is 22.7 Å². The number of nitrogens with one attached hydrogen (secondary N) is 1. The lowest BCUT2D eigenvalue weighted by molar-refractivity contribution is 0.00706. The zero-order valence-corrected chi connectivity index (χ0v) is 18.2. The van der Waals surface area contributed by atoms with Crippen LogP contribution >= 0.6 is 15.9 Å². The maximum atomic E-state index is 12.8. The summed E-state index contributed by atoms with van der Waals surface area (Å²) in [5.74, 6) is -0.0671. The summed E-state index contributed by atoms with van der Waals surface area (Å²) in [6.07, 6.45) is 0. The maximum absolute atomic E-state index is 12.8. The first kappa shape index (κ1) is 21.2. The zero-order valence-electron chi connectivity index (χ0n) is 15.8. The number of hydrogen-bond donors (Lipinski definition) is 1. The Morgan fingerprint density at radius 3 is 2.22 bits per heavy atom. The lowest BCUT2D eigenvalue weighted by Crippen LogP contribution is -2.25. The number of ether oxygens (including phenoxy) is 2. The van der Waals surface area contributed by atoms with E-state index in [2.05, 4.69) is 20.7 Å². The van der Waals surface area contributed by atoms with E-state index in [1.165, 1.54) is 25.3 Å². The predicted molar refractivity (Wildman–Crippen MR) is 108 cm³/mol. The summed E-state index contributed by atoms with van der Waals surface area (Å²) in [6, 6.07) is 9.23.